The molecule has 0 radical (unpaired) electrons. The number of rotatable bonds is 4. The molecule has 0 aromatic rings. The smallest absolute Gasteiger partial charge is 0.0594 e. The van der Waals surface area contributed by atoms with Crippen molar-refractivity contribution >= 4 is 0 Å². The molecular formula is C26H42O2. The largest absolute Gasteiger partial charge is 0.396 e. The zero-order valence-corrected chi connectivity index (χ0v) is 18.9. The molecule has 0 aliphatic heterocycles. The van der Waals surface area contributed by atoms with E-state index in [9.17, 15) is 10.2 Å². The average molecular weight is 387 g/mol. The summed E-state index contributed by atoms with van der Waals surface area (Å²) in [5.74, 6) is 2.02. The molecule has 0 bridgehead atoms. The lowest BCUT2D eigenvalue weighted by atomic mass is 9.46. The maximum atomic E-state index is 10.7. The summed E-state index contributed by atoms with van der Waals surface area (Å²) in [6.45, 7) is 12.4. The molecule has 0 aromatic carbocycles. The van der Waals surface area contributed by atoms with Crippen molar-refractivity contribution in [2.45, 2.75) is 98.5 Å². The molecule has 0 unspecified atom stereocenters. The highest BCUT2D eigenvalue weighted by atomic mass is 16.3. The van der Waals surface area contributed by atoms with E-state index in [4.69, 9.17) is 0 Å². The van der Waals surface area contributed by atoms with Crippen molar-refractivity contribution in [2.24, 2.45) is 34.0 Å². The Labute approximate surface area is 172 Å². The van der Waals surface area contributed by atoms with Gasteiger partial charge in [-0.3, -0.25) is 0 Å². The van der Waals surface area contributed by atoms with Gasteiger partial charge in [0.15, 0.2) is 0 Å². The van der Waals surface area contributed by atoms with Crippen LogP contribution in [0.15, 0.2) is 22.8 Å². The molecule has 28 heavy (non-hydrogen) atoms. The molecule has 0 aromatic heterocycles. The number of allylic oxidation sites excluding steroid dienone is 4. The van der Waals surface area contributed by atoms with Gasteiger partial charge in [0.05, 0.1) is 6.10 Å². The Morgan fingerprint density at radius 1 is 1.07 bits per heavy atom. The van der Waals surface area contributed by atoms with Gasteiger partial charge < -0.3 is 10.2 Å². The summed E-state index contributed by atoms with van der Waals surface area (Å²) < 4.78 is 0. The predicted octanol–water partition coefficient (Wildman–Crippen LogP) is 6.04. The van der Waals surface area contributed by atoms with Gasteiger partial charge >= 0.3 is 0 Å². The Kier molecular flexibility index (Phi) is 5.15. The van der Waals surface area contributed by atoms with Crippen molar-refractivity contribution in [1.82, 2.24) is 0 Å². The van der Waals surface area contributed by atoms with Crippen LogP contribution < -0.4 is 0 Å². The van der Waals surface area contributed by atoms with Crippen LogP contribution >= 0.6 is 0 Å². The summed E-state index contributed by atoms with van der Waals surface area (Å²) in [4.78, 5) is 0. The van der Waals surface area contributed by atoms with Crippen LogP contribution in [-0.4, -0.2) is 22.9 Å². The van der Waals surface area contributed by atoms with Crippen molar-refractivity contribution in [2.75, 3.05) is 6.61 Å². The topological polar surface area (TPSA) is 40.5 Å². The van der Waals surface area contributed by atoms with Gasteiger partial charge in [0, 0.05) is 6.61 Å². The second-order valence-electron chi connectivity index (χ2n) is 11.6. The normalized spacial score (nSPS) is 43.1. The molecule has 6 atom stereocenters. The van der Waals surface area contributed by atoms with Gasteiger partial charge in [0.25, 0.3) is 0 Å². The van der Waals surface area contributed by atoms with Gasteiger partial charge in [-0.1, -0.05) is 46.3 Å². The number of aliphatic hydroxyl groups is 2. The van der Waals surface area contributed by atoms with Crippen LogP contribution in [0.2, 0.25) is 0 Å². The Bertz CT molecular complexity index is 687. The summed E-state index contributed by atoms with van der Waals surface area (Å²) in [7, 11) is 0. The van der Waals surface area contributed by atoms with Gasteiger partial charge in [0.1, 0.15) is 0 Å². The minimum Gasteiger partial charge on any atom is -0.396 e. The van der Waals surface area contributed by atoms with E-state index in [0.717, 1.165) is 31.6 Å². The first kappa shape index (κ1) is 20.7. The summed E-state index contributed by atoms with van der Waals surface area (Å²) >= 11 is 0. The molecule has 4 aliphatic carbocycles. The maximum absolute atomic E-state index is 10.7. The third-order valence-corrected chi connectivity index (χ3v) is 9.93. The summed E-state index contributed by atoms with van der Waals surface area (Å²) in [6, 6.07) is 0. The van der Waals surface area contributed by atoms with Gasteiger partial charge in [0.2, 0.25) is 0 Å². The maximum Gasteiger partial charge on any atom is 0.0594 e. The standard InChI is InChI=1S/C26H42O2/c1-17(7-6-16-27)19-9-10-20-18-8-11-22-24(2,3)23(28)13-15-26(22,5)21(18)12-14-25(19,20)4/h10,17,19,22-23,27-28H,6-9,11-16H2,1-5H3/t17-,19-,22-,23+,25-,26-/m1/s1. The summed E-state index contributed by atoms with van der Waals surface area (Å²) in [6.07, 6.45) is 12.9. The second kappa shape index (κ2) is 6.98. The van der Waals surface area contributed by atoms with Crippen LogP contribution in [0.1, 0.15) is 92.4 Å². The second-order valence-corrected chi connectivity index (χ2v) is 11.6. The molecule has 2 N–H and O–H groups in total. The Hall–Kier alpha value is -0.600. The first-order chi connectivity index (χ1) is 13.2. The Morgan fingerprint density at radius 3 is 2.54 bits per heavy atom. The van der Waals surface area contributed by atoms with Crippen LogP contribution in [0.5, 0.6) is 0 Å². The molecule has 0 amide bonds. The zero-order chi connectivity index (χ0) is 20.3. The highest BCUT2D eigenvalue weighted by molar-refractivity contribution is 5.49. The number of hydrogen-bond donors (Lipinski definition) is 2. The SMILES string of the molecule is C[C@H](CCCO)[C@H]1CC=C2C3=C(CC[C@@]21C)[C@@]1(C)CC[C@H](O)C(C)(C)[C@H]1CC3. The van der Waals surface area contributed by atoms with Gasteiger partial charge in [-0.05, 0) is 103 Å². The molecule has 2 heteroatoms. The molecule has 4 rings (SSSR count). The third-order valence-electron chi connectivity index (χ3n) is 9.93. The Morgan fingerprint density at radius 2 is 1.82 bits per heavy atom. The first-order valence-electron chi connectivity index (χ1n) is 11.9. The lowest BCUT2D eigenvalue weighted by Crippen LogP contribution is -2.53. The number of hydrogen-bond acceptors (Lipinski definition) is 2. The highest BCUT2D eigenvalue weighted by Crippen LogP contribution is 2.66. The minimum absolute atomic E-state index is 0.0255. The van der Waals surface area contributed by atoms with Crippen LogP contribution in [0.25, 0.3) is 0 Å². The van der Waals surface area contributed by atoms with Crippen LogP contribution in [-0.2, 0) is 0 Å². The van der Waals surface area contributed by atoms with Crippen LogP contribution in [0.4, 0.5) is 0 Å². The summed E-state index contributed by atoms with van der Waals surface area (Å²) in [5.41, 5.74) is 5.81. The van der Waals surface area contributed by atoms with E-state index in [1.165, 1.54) is 32.1 Å². The third kappa shape index (κ3) is 2.81. The number of fused-ring (bicyclic) bond motifs is 4. The molecule has 0 saturated heterocycles. The van der Waals surface area contributed by atoms with Crippen molar-refractivity contribution in [1.29, 1.82) is 0 Å². The first-order valence-corrected chi connectivity index (χ1v) is 11.9. The average Bonchev–Trinajstić information content (AvgIpc) is 3.00. The van der Waals surface area contributed by atoms with E-state index in [0.29, 0.717) is 23.9 Å². The zero-order valence-electron chi connectivity index (χ0n) is 18.9. The van der Waals surface area contributed by atoms with Crippen LogP contribution in [0, 0.1) is 34.0 Å². The fourth-order valence-corrected chi connectivity index (χ4v) is 8.19. The van der Waals surface area contributed by atoms with Crippen molar-refractivity contribution in [3.63, 3.8) is 0 Å². The molecule has 1 fully saturated rings. The van der Waals surface area contributed by atoms with E-state index in [1.54, 1.807) is 16.7 Å². The minimum atomic E-state index is -0.149. The van der Waals surface area contributed by atoms with E-state index >= 15 is 0 Å². The molecule has 0 heterocycles. The highest BCUT2D eigenvalue weighted by Gasteiger charge is 2.57. The van der Waals surface area contributed by atoms with Gasteiger partial charge in [-0.25, -0.2) is 0 Å². The predicted molar refractivity (Wildman–Crippen MR) is 116 cm³/mol. The lowest BCUT2D eigenvalue weighted by Gasteiger charge is -2.59. The van der Waals surface area contributed by atoms with E-state index in [2.05, 4.69) is 40.7 Å². The molecular weight excluding hydrogens is 344 g/mol. The molecule has 2 nitrogen and oxygen atoms in total. The molecule has 158 valence electrons. The monoisotopic (exact) mass is 386 g/mol. The quantitative estimate of drug-likeness (QED) is 0.619. The van der Waals surface area contributed by atoms with Crippen molar-refractivity contribution in [3.8, 4) is 0 Å². The molecule has 0 spiro atoms. The van der Waals surface area contributed by atoms with Gasteiger partial charge in [-0.15, -0.1) is 0 Å². The van der Waals surface area contributed by atoms with E-state index in [1.807, 2.05) is 0 Å². The van der Waals surface area contributed by atoms with Crippen molar-refractivity contribution < 1.29 is 10.2 Å². The fourth-order valence-electron chi connectivity index (χ4n) is 8.19. The molecule has 4 aliphatic rings. The summed E-state index contributed by atoms with van der Waals surface area (Å²) in [5, 5.41) is 20.0. The fraction of sp³-hybridized carbons (Fsp3) is 0.846. The van der Waals surface area contributed by atoms with Crippen molar-refractivity contribution in [3.05, 3.63) is 22.8 Å². The number of aliphatic hydroxyl groups excluding tert-OH is 2. The van der Waals surface area contributed by atoms with E-state index < -0.39 is 0 Å². The van der Waals surface area contributed by atoms with E-state index in [-0.39, 0.29) is 16.9 Å². The Balaban J connectivity index is 1.66. The van der Waals surface area contributed by atoms with Crippen LogP contribution in [0.3, 0.4) is 0 Å². The van der Waals surface area contributed by atoms with Gasteiger partial charge in [-0.2, -0.15) is 0 Å². The molecule has 1 saturated carbocycles. The lowest BCUT2D eigenvalue weighted by molar-refractivity contribution is -0.0905.